The maximum Gasteiger partial charge on any atom is 0.237 e. The summed E-state index contributed by atoms with van der Waals surface area (Å²) >= 11 is 0. The molecule has 1 aromatic rings. The number of primary amides is 1. The Morgan fingerprint density at radius 3 is 2.67 bits per heavy atom. The number of hydrogen-bond donors (Lipinski definition) is 3. The van der Waals surface area contributed by atoms with E-state index in [0.29, 0.717) is 17.7 Å². The van der Waals surface area contributed by atoms with Crippen LogP contribution in [0.5, 0.6) is 5.75 Å². The van der Waals surface area contributed by atoms with Crippen LogP contribution >= 0.6 is 0 Å². The second-order valence-electron chi connectivity index (χ2n) is 4.68. The summed E-state index contributed by atoms with van der Waals surface area (Å²) in [7, 11) is 0. The molecule has 0 aliphatic heterocycles. The zero-order valence-corrected chi connectivity index (χ0v) is 10.7. The van der Waals surface area contributed by atoms with Gasteiger partial charge in [-0.25, -0.2) is 0 Å². The van der Waals surface area contributed by atoms with Gasteiger partial charge in [-0.3, -0.25) is 4.79 Å². The molecule has 0 spiro atoms. The number of para-hydroxylation sites is 1. The number of amides is 1. The van der Waals surface area contributed by atoms with Crippen LogP contribution in [-0.2, 0) is 11.4 Å². The molecule has 5 heteroatoms. The number of nitrogens with two attached hydrogens (primary N) is 2. The number of hydrogen-bond acceptors (Lipinski definition) is 4. The number of benzene rings is 1. The molecule has 0 aromatic heterocycles. The van der Waals surface area contributed by atoms with Crippen LogP contribution in [-0.4, -0.2) is 22.7 Å². The zero-order chi connectivity index (χ0) is 13.8. The van der Waals surface area contributed by atoms with Crippen LogP contribution in [0.3, 0.4) is 0 Å². The number of rotatable bonds is 6. The minimum Gasteiger partial charge on any atom is -0.490 e. The highest BCUT2D eigenvalue weighted by Gasteiger charge is 2.28. The van der Waals surface area contributed by atoms with Crippen molar-refractivity contribution in [1.82, 2.24) is 0 Å². The summed E-state index contributed by atoms with van der Waals surface area (Å²) in [6.07, 6.45) is 0.0300. The molecule has 0 radical (unpaired) electrons. The highest BCUT2D eigenvalue weighted by molar-refractivity contribution is 5.83. The van der Waals surface area contributed by atoms with E-state index in [2.05, 4.69) is 0 Å². The molecular formula is C13H20N2O3. The van der Waals surface area contributed by atoms with Gasteiger partial charge in [0.15, 0.2) is 0 Å². The van der Waals surface area contributed by atoms with Crippen molar-refractivity contribution >= 4 is 5.91 Å². The van der Waals surface area contributed by atoms with E-state index >= 15 is 0 Å². The predicted octanol–water partition coefficient (Wildman–Crippen LogP) is 0.539. The summed E-state index contributed by atoms with van der Waals surface area (Å²) in [5.74, 6) is 0.0289. The average Bonchev–Trinajstić information content (AvgIpc) is 2.28. The molecule has 5 nitrogen and oxygen atoms in total. The minimum absolute atomic E-state index is 0.0986. The second kappa shape index (κ2) is 5.84. The van der Waals surface area contributed by atoms with Crippen LogP contribution in [0.25, 0.3) is 0 Å². The molecule has 0 saturated carbocycles. The highest BCUT2D eigenvalue weighted by atomic mass is 16.5. The number of aliphatic hydroxyl groups is 1. The zero-order valence-electron chi connectivity index (χ0n) is 10.7. The van der Waals surface area contributed by atoms with Crippen molar-refractivity contribution in [3.63, 3.8) is 0 Å². The molecule has 2 atom stereocenters. The lowest BCUT2D eigenvalue weighted by molar-refractivity contribution is -0.123. The fourth-order valence-corrected chi connectivity index (χ4v) is 1.71. The summed E-state index contributed by atoms with van der Waals surface area (Å²) in [6, 6.07) is 7.18. The maximum absolute atomic E-state index is 11.1. The van der Waals surface area contributed by atoms with E-state index in [0.717, 1.165) is 0 Å². The quantitative estimate of drug-likeness (QED) is 0.688. The Morgan fingerprint density at radius 1 is 1.50 bits per heavy atom. The largest absolute Gasteiger partial charge is 0.490 e. The van der Waals surface area contributed by atoms with Gasteiger partial charge in [0, 0.05) is 12.0 Å². The highest BCUT2D eigenvalue weighted by Crippen LogP contribution is 2.21. The molecule has 0 saturated heterocycles. The molecule has 1 rings (SSSR count). The smallest absolute Gasteiger partial charge is 0.237 e. The Kier molecular flexibility index (Phi) is 4.69. The lowest BCUT2D eigenvalue weighted by Crippen LogP contribution is -2.51. The molecular weight excluding hydrogens is 232 g/mol. The van der Waals surface area contributed by atoms with Crippen molar-refractivity contribution in [1.29, 1.82) is 0 Å². The number of ether oxygens (including phenoxy) is 1. The molecule has 0 heterocycles. The van der Waals surface area contributed by atoms with E-state index in [1.165, 1.54) is 0 Å². The van der Waals surface area contributed by atoms with Gasteiger partial charge in [-0.15, -0.1) is 0 Å². The summed E-state index contributed by atoms with van der Waals surface area (Å²) in [6.45, 7) is 3.29. The van der Waals surface area contributed by atoms with Gasteiger partial charge in [0.25, 0.3) is 0 Å². The molecule has 0 aliphatic rings. The van der Waals surface area contributed by atoms with E-state index in [1.807, 2.05) is 19.1 Å². The third-order valence-corrected chi connectivity index (χ3v) is 2.75. The maximum atomic E-state index is 11.1. The van der Waals surface area contributed by atoms with Gasteiger partial charge in [-0.05, 0) is 19.9 Å². The fraction of sp³-hybridized carbons (Fsp3) is 0.462. The molecule has 0 aliphatic carbocycles. The Bertz CT molecular complexity index is 418. The number of carbonyl (C=O) groups excluding carboxylic acids is 1. The number of carbonyl (C=O) groups is 1. The lowest BCUT2D eigenvalue weighted by atomic mass is 9.95. The van der Waals surface area contributed by atoms with Crippen molar-refractivity contribution in [3.8, 4) is 5.75 Å². The van der Waals surface area contributed by atoms with E-state index in [1.54, 1.807) is 19.1 Å². The first-order valence-electron chi connectivity index (χ1n) is 5.81. The van der Waals surface area contributed by atoms with Crippen LogP contribution in [0.2, 0.25) is 0 Å². The van der Waals surface area contributed by atoms with E-state index in [9.17, 15) is 9.90 Å². The molecule has 0 fully saturated rings. The summed E-state index contributed by atoms with van der Waals surface area (Å²) in [5.41, 5.74) is 10.6. The molecule has 0 bridgehead atoms. The third-order valence-electron chi connectivity index (χ3n) is 2.75. The SMILES string of the molecule is CC(CC(C)(N)C(N)=O)Oc1ccccc1CO. The first-order chi connectivity index (χ1) is 8.36. The van der Waals surface area contributed by atoms with Crippen LogP contribution in [0.4, 0.5) is 0 Å². The van der Waals surface area contributed by atoms with Crippen LogP contribution in [0.15, 0.2) is 24.3 Å². The van der Waals surface area contributed by atoms with E-state index in [-0.39, 0.29) is 12.7 Å². The molecule has 1 amide bonds. The standard InChI is InChI=1S/C13H20N2O3/c1-9(7-13(2,15)12(14)17)18-11-6-4-3-5-10(11)8-16/h3-6,9,16H,7-8,15H2,1-2H3,(H2,14,17). The first-order valence-corrected chi connectivity index (χ1v) is 5.81. The third kappa shape index (κ3) is 3.72. The van der Waals surface area contributed by atoms with Crippen LogP contribution in [0.1, 0.15) is 25.8 Å². The van der Waals surface area contributed by atoms with Gasteiger partial charge >= 0.3 is 0 Å². The molecule has 1 aromatic carbocycles. The van der Waals surface area contributed by atoms with Gasteiger partial charge in [0.05, 0.1) is 18.2 Å². The van der Waals surface area contributed by atoms with Gasteiger partial charge in [0.1, 0.15) is 5.75 Å². The molecule has 18 heavy (non-hydrogen) atoms. The summed E-state index contributed by atoms with van der Waals surface area (Å²) in [4.78, 5) is 11.1. The van der Waals surface area contributed by atoms with Gasteiger partial charge in [-0.2, -0.15) is 0 Å². The van der Waals surface area contributed by atoms with Gasteiger partial charge < -0.3 is 21.3 Å². The second-order valence-corrected chi connectivity index (χ2v) is 4.68. The van der Waals surface area contributed by atoms with Crippen molar-refractivity contribution < 1.29 is 14.6 Å². The van der Waals surface area contributed by atoms with Crippen LogP contribution in [0, 0.1) is 0 Å². The fourth-order valence-electron chi connectivity index (χ4n) is 1.71. The lowest BCUT2D eigenvalue weighted by Gasteiger charge is -2.25. The van der Waals surface area contributed by atoms with Crippen molar-refractivity contribution in [3.05, 3.63) is 29.8 Å². The topological polar surface area (TPSA) is 98.6 Å². The number of aliphatic hydroxyl groups excluding tert-OH is 1. The normalized spacial score (nSPS) is 15.8. The summed E-state index contributed by atoms with van der Waals surface area (Å²) in [5, 5.41) is 9.17. The monoisotopic (exact) mass is 252 g/mol. The molecule has 100 valence electrons. The van der Waals surface area contributed by atoms with Gasteiger partial charge in [-0.1, -0.05) is 18.2 Å². The van der Waals surface area contributed by atoms with Crippen molar-refractivity contribution in [2.75, 3.05) is 0 Å². The predicted molar refractivity (Wildman–Crippen MR) is 68.9 cm³/mol. The van der Waals surface area contributed by atoms with Crippen molar-refractivity contribution in [2.45, 2.75) is 38.5 Å². The first kappa shape index (κ1) is 14.5. The van der Waals surface area contributed by atoms with E-state index < -0.39 is 11.4 Å². The van der Waals surface area contributed by atoms with Crippen molar-refractivity contribution in [2.24, 2.45) is 11.5 Å². The minimum atomic E-state index is -1.10. The average molecular weight is 252 g/mol. The Hall–Kier alpha value is -1.59. The molecule has 2 unspecified atom stereocenters. The molecule has 5 N–H and O–H groups in total. The van der Waals surface area contributed by atoms with Gasteiger partial charge in [0.2, 0.25) is 5.91 Å². The van der Waals surface area contributed by atoms with E-state index in [4.69, 9.17) is 16.2 Å². The Balaban J connectivity index is 2.70. The van der Waals surface area contributed by atoms with Crippen LogP contribution < -0.4 is 16.2 Å². The Morgan fingerprint density at radius 2 is 2.11 bits per heavy atom. The summed E-state index contributed by atoms with van der Waals surface area (Å²) < 4.78 is 5.67. The Labute approximate surface area is 107 Å².